The number of nitrogens with one attached hydrogen (secondary N) is 1. The zero-order chi connectivity index (χ0) is 18.0. The Morgan fingerprint density at radius 3 is 2.54 bits per heavy atom. The zero-order valence-electron chi connectivity index (χ0n) is 15.1. The van der Waals surface area contributed by atoms with Gasteiger partial charge in [-0.3, -0.25) is 4.79 Å². The van der Waals surface area contributed by atoms with Crippen LogP contribution in [0.5, 0.6) is 5.75 Å². The van der Waals surface area contributed by atoms with Crippen molar-refractivity contribution in [2.45, 2.75) is 32.4 Å². The number of hydrogen-bond donors (Lipinski definition) is 2. The van der Waals surface area contributed by atoms with Crippen LogP contribution in [-0.2, 0) is 0 Å². The smallest absolute Gasteiger partial charge is 0.200 e. The van der Waals surface area contributed by atoms with Gasteiger partial charge in [0.05, 0.1) is 10.8 Å². The molecule has 26 heavy (non-hydrogen) atoms. The number of fused-ring (bicyclic) bond motifs is 2. The minimum atomic E-state index is -0.636. The van der Waals surface area contributed by atoms with Crippen molar-refractivity contribution < 1.29 is 14.3 Å². The van der Waals surface area contributed by atoms with Crippen molar-refractivity contribution in [2.24, 2.45) is 0 Å². The first-order valence-electron chi connectivity index (χ1n) is 8.35. The van der Waals surface area contributed by atoms with Gasteiger partial charge in [0, 0.05) is 12.1 Å². The van der Waals surface area contributed by atoms with E-state index in [9.17, 15) is 9.90 Å². The number of benzene rings is 2. The first-order chi connectivity index (χ1) is 11.8. The predicted octanol–water partition coefficient (Wildman–Crippen LogP) is 3.50. The highest BCUT2D eigenvalue weighted by molar-refractivity contribution is 5.90. The van der Waals surface area contributed by atoms with Gasteiger partial charge in [-0.1, -0.05) is 12.1 Å². The minimum Gasteiger partial charge on any atom is -0.491 e. The summed E-state index contributed by atoms with van der Waals surface area (Å²) in [6.07, 6.45) is -0.636. The molecule has 0 aliphatic rings. The summed E-state index contributed by atoms with van der Waals surface area (Å²) >= 11 is 0. The van der Waals surface area contributed by atoms with Crippen LogP contribution in [0.1, 0.15) is 20.8 Å². The highest BCUT2D eigenvalue weighted by Gasteiger charge is 2.13. The molecule has 0 saturated heterocycles. The molecule has 0 fully saturated rings. The van der Waals surface area contributed by atoms with Gasteiger partial charge < -0.3 is 19.6 Å². The number of aliphatic hydroxyl groups excluding tert-OH is 1. The van der Waals surface area contributed by atoms with Crippen LogP contribution in [0, 0.1) is 0 Å². The van der Waals surface area contributed by atoms with E-state index < -0.39 is 6.10 Å². The maximum atomic E-state index is 12.6. The third-order valence-corrected chi connectivity index (χ3v) is 3.86. The van der Waals surface area contributed by atoms with E-state index in [1.165, 1.54) is 0 Å². The Morgan fingerprint density at radius 2 is 1.81 bits per heavy atom. The lowest BCUT2D eigenvalue weighted by Gasteiger charge is -2.23. The lowest BCUT2D eigenvalue weighted by Crippen LogP contribution is -2.42. The number of aliphatic hydroxyl groups is 1. The third kappa shape index (κ3) is 4.75. The Hall–Kier alpha value is -2.08. The van der Waals surface area contributed by atoms with Gasteiger partial charge in [-0.25, -0.2) is 0 Å². The molecule has 1 unspecified atom stereocenters. The van der Waals surface area contributed by atoms with Crippen LogP contribution in [0.2, 0.25) is 0 Å². The number of halogens is 1. The second-order valence-corrected chi connectivity index (χ2v) is 7.18. The molecule has 0 aliphatic heterocycles. The molecule has 0 aliphatic carbocycles. The number of rotatable bonds is 5. The first-order valence-corrected chi connectivity index (χ1v) is 8.35. The van der Waals surface area contributed by atoms with Crippen molar-refractivity contribution in [2.75, 3.05) is 13.2 Å². The topological polar surface area (TPSA) is 71.7 Å². The molecular formula is C20H24ClNO4. The van der Waals surface area contributed by atoms with Crippen LogP contribution in [0.4, 0.5) is 0 Å². The predicted molar refractivity (Wildman–Crippen MR) is 106 cm³/mol. The van der Waals surface area contributed by atoms with Crippen LogP contribution in [0.25, 0.3) is 21.9 Å². The average molecular weight is 378 g/mol. The monoisotopic (exact) mass is 377 g/mol. The van der Waals surface area contributed by atoms with E-state index in [0.717, 1.165) is 0 Å². The van der Waals surface area contributed by atoms with E-state index in [0.29, 0.717) is 34.2 Å². The minimum absolute atomic E-state index is 0. The van der Waals surface area contributed by atoms with E-state index in [2.05, 4.69) is 5.32 Å². The molecule has 2 N–H and O–H groups in total. The Kier molecular flexibility index (Phi) is 6.29. The van der Waals surface area contributed by atoms with Gasteiger partial charge in [-0.2, -0.15) is 0 Å². The molecule has 2 aromatic carbocycles. The normalized spacial score (nSPS) is 12.8. The third-order valence-electron chi connectivity index (χ3n) is 3.86. The first kappa shape index (κ1) is 20.2. The Balaban J connectivity index is 0.00000243. The lowest BCUT2D eigenvalue weighted by molar-refractivity contribution is 0.100. The van der Waals surface area contributed by atoms with Crippen LogP contribution < -0.4 is 15.5 Å². The van der Waals surface area contributed by atoms with E-state index in [1.54, 1.807) is 30.3 Å². The zero-order valence-corrected chi connectivity index (χ0v) is 15.9. The summed E-state index contributed by atoms with van der Waals surface area (Å²) in [5.41, 5.74) is 0.935. The van der Waals surface area contributed by atoms with Gasteiger partial charge in [0.2, 0.25) is 5.43 Å². The molecule has 0 radical (unpaired) electrons. The largest absolute Gasteiger partial charge is 0.491 e. The molecule has 5 nitrogen and oxygen atoms in total. The molecule has 0 saturated carbocycles. The van der Waals surface area contributed by atoms with Crippen LogP contribution >= 0.6 is 12.4 Å². The summed E-state index contributed by atoms with van der Waals surface area (Å²) in [6.45, 7) is 6.69. The van der Waals surface area contributed by atoms with E-state index >= 15 is 0 Å². The summed E-state index contributed by atoms with van der Waals surface area (Å²) in [6, 6.07) is 12.3. The van der Waals surface area contributed by atoms with Crippen molar-refractivity contribution in [3.63, 3.8) is 0 Å². The number of hydrogen-bond acceptors (Lipinski definition) is 5. The quantitative estimate of drug-likeness (QED) is 0.666. The van der Waals surface area contributed by atoms with Gasteiger partial charge >= 0.3 is 0 Å². The van der Waals surface area contributed by atoms with Gasteiger partial charge in [-0.15, -0.1) is 12.4 Å². The van der Waals surface area contributed by atoms with Gasteiger partial charge in [0.1, 0.15) is 29.6 Å². The van der Waals surface area contributed by atoms with Crippen LogP contribution in [0.3, 0.4) is 0 Å². The van der Waals surface area contributed by atoms with Gasteiger partial charge in [0.15, 0.2) is 0 Å². The van der Waals surface area contributed by atoms with Crippen LogP contribution in [-0.4, -0.2) is 29.9 Å². The van der Waals surface area contributed by atoms with Crippen molar-refractivity contribution in [3.05, 3.63) is 52.7 Å². The van der Waals surface area contributed by atoms with Gasteiger partial charge in [-0.05, 0) is 51.1 Å². The molecule has 6 heteroatoms. The highest BCUT2D eigenvalue weighted by Crippen LogP contribution is 2.22. The van der Waals surface area contributed by atoms with Gasteiger partial charge in [0.25, 0.3) is 0 Å². The summed E-state index contributed by atoms with van der Waals surface area (Å²) in [7, 11) is 0. The Labute approximate surface area is 158 Å². The Bertz CT molecular complexity index is 946. The fraction of sp³-hybridized carbons (Fsp3) is 0.350. The lowest BCUT2D eigenvalue weighted by atomic mass is 10.1. The highest BCUT2D eigenvalue weighted by atomic mass is 35.5. The average Bonchev–Trinajstić information content (AvgIpc) is 2.58. The number of para-hydroxylation sites is 1. The van der Waals surface area contributed by atoms with E-state index in [-0.39, 0.29) is 30.0 Å². The molecule has 1 atom stereocenters. The summed E-state index contributed by atoms with van der Waals surface area (Å²) < 4.78 is 11.4. The van der Waals surface area contributed by atoms with Crippen molar-refractivity contribution in [1.29, 1.82) is 0 Å². The molecule has 0 bridgehead atoms. The maximum absolute atomic E-state index is 12.6. The molecule has 0 amide bonds. The second kappa shape index (κ2) is 8.08. The van der Waals surface area contributed by atoms with Crippen molar-refractivity contribution >= 4 is 34.3 Å². The molecule has 3 rings (SSSR count). The molecule has 1 heterocycles. The van der Waals surface area contributed by atoms with Crippen LogP contribution in [0.15, 0.2) is 51.7 Å². The van der Waals surface area contributed by atoms with Crippen molar-refractivity contribution in [1.82, 2.24) is 5.32 Å². The summed E-state index contributed by atoms with van der Waals surface area (Å²) in [4.78, 5) is 12.6. The van der Waals surface area contributed by atoms with E-state index in [1.807, 2.05) is 32.9 Å². The van der Waals surface area contributed by atoms with E-state index in [4.69, 9.17) is 9.15 Å². The molecular weight excluding hydrogens is 354 g/mol. The molecule has 3 aromatic rings. The summed E-state index contributed by atoms with van der Waals surface area (Å²) in [5, 5.41) is 14.3. The molecule has 1 aromatic heterocycles. The second-order valence-electron chi connectivity index (χ2n) is 7.18. The molecule has 140 valence electrons. The molecule has 0 spiro atoms. The fourth-order valence-corrected chi connectivity index (χ4v) is 2.55. The maximum Gasteiger partial charge on any atom is 0.200 e. The SMILES string of the molecule is CC(C)(C)NCC(O)COc1ccc2oc3ccccc3c(=O)c2c1.Cl. The fourth-order valence-electron chi connectivity index (χ4n) is 2.55. The van der Waals surface area contributed by atoms with Crippen molar-refractivity contribution in [3.8, 4) is 5.75 Å². The number of ether oxygens (including phenoxy) is 1. The number of β-amino-alcohol motifs (C(OH)–C–C–N with tert-alkyl or cyclic N) is 1. The standard InChI is InChI=1S/C20H23NO4.ClH/c1-20(2,3)21-11-13(22)12-24-14-8-9-18-16(10-14)19(23)15-6-4-5-7-17(15)25-18;/h4-10,13,21-22H,11-12H2,1-3H3;1H. The Morgan fingerprint density at radius 1 is 1.12 bits per heavy atom. The summed E-state index contributed by atoms with van der Waals surface area (Å²) in [5.74, 6) is 0.532.